The summed E-state index contributed by atoms with van der Waals surface area (Å²) in [5, 5.41) is 0. The molecule has 0 saturated heterocycles. The first-order chi connectivity index (χ1) is 26.2. The highest BCUT2D eigenvalue weighted by molar-refractivity contribution is 7.89. The van der Waals surface area contributed by atoms with Crippen molar-refractivity contribution < 1.29 is 27.5 Å². The molecule has 0 aromatic rings. The number of unbranched alkanes of at least 4 members (excludes halogenated alkanes) is 14. The lowest BCUT2D eigenvalue weighted by Crippen LogP contribution is -2.32. The van der Waals surface area contributed by atoms with E-state index in [1.54, 1.807) is 6.92 Å². The molecule has 0 bridgehead atoms. The van der Waals surface area contributed by atoms with Crippen molar-refractivity contribution in [2.75, 3.05) is 45.1 Å². The predicted octanol–water partition coefficient (Wildman–Crippen LogP) is 11.9. The van der Waals surface area contributed by atoms with Crippen LogP contribution in [0.3, 0.4) is 0 Å². The number of ether oxygens (including phenoxy) is 2. The lowest BCUT2D eigenvalue weighted by atomic mass is 9.92. The fourth-order valence-electron chi connectivity index (χ4n) is 7.28. The van der Waals surface area contributed by atoms with Crippen LogP contribution in [0.15, 0.2) is 0 Å². The van der Waals surface area contributed by atoms with E-state index in [1.165, 1.54) is 89.9 Å². The van der Waals surface area contributed by atoms with Gasteiger partial charge in [0.25, 0.3) is 0 Å². The molecule has 8 nitrogen and oxygen atoms in total. The van der Waals surface area contributed by atoms with Crippen LogP contribution in [0.4, 0.5) is 0 Å². The molecule has 0 fully saturated rings. The molecule has 0 aliphatic carbocycles. The number of nitrogens with one attached hydrogen (secondary N) is 1. The van der Waals surface area contributed by atoms with E-state index < -0.39 is 10.0 Å². The molecule has 0 aliphatic rings. The standard InChI is InChI=1S/C45H90N2O6S/c1-6-11-21-30-43(31-22-12-7-2)35-41-53-45(49)33-24-18-16-20-26-38-47(39-27-36-46-54(50,51)10-5)37-25-19-15-17-23-32-44(48)52-40-34-42(28-13-8-3)29-14-9-4/h42-43,46H,6-41H2,1-5H3. The number of nitrogens with zero attached hydrogens (tertiary/aromatic N) is 1. The summed E-state index contributed by atoms with van der Waals surface area (Å²) in [6.45, 7) is 15.2. The van der Waals surface area contributed by atoms with Crippen LogP contribution in [0.2, 0.25) is 0 Å². The van der Waals surface area contributed by atoms with Gasteiger partial charge in [0.05, 0.1) is 19.0 Å². The second kappa shape index (κ2) is 38.7. The average Bonchev–Trinajstić information content (AvgIpc) is 3.16. The number of carbonyl (C=O) groups excluding carboxylic acids is 2. The first kappa shape index (κ1) is 52.8. The van der Waals surface area contributed by atoms with Gasteiger partial charge in [-0.05, 0) is 83.3 Å². The SMILES string of the molecule is CCCCCC(CCCCC)CCOC(=O)CCCCCCCN(CCCCCCCC(=O)OCCC(CCCC)CCCC)CCCNS(=O)(=O)CC. The predicted molar refractivity (Wildman–Crippen MR) is 229 cm³/mol. The molecular formula is C45H90N2O6S. The Balaban J connectivity index is 4.30. The van der Waals surface area contributed by atoms with Gasteiger partial charge < -0.3 is 14.4 Å². The maximum Gasteiger partial charge on any atom is 0.305 e. The number of esters is 2. The second-order valence-corrected chi connectivity index (χ2v) is 18.2. The van der Waals surface area contributed by atoms with E-state index in [2.05, 4.69) is 37.3 Å². The fraction of sp³-hybridized carbons (Fsp3) is 0.956. The summed E-state index contributed by atoms with van der Waals surface area (Å²) in [7, 11) is -3.16. The minimum absolute atomic E-state index is 0.0373. The van der Waals surface area contributed by atoms with Gasteiger partial charge in [-0.15, -0.1) is 0 Å². The molecule has 0 heterocycles. The van der Waals surface area contributed by atoms with Crippen molar-refractivity contribution in [1.29, 1.82) is 0 Å². The van der Waals surface area contributed by atoms with E-state index in [1.807, 2.05) is 0 Å². The molecule has 0 saturated carbocycles. The maximum absolute atomic E-state index is 12.4. The van der Waals surface area contributed by atoms with Gasteiger partial charge in [0, 0.05) is 19.4 Å². The normalized spacial score (nSPS) is 12.0. The molecule has 322 valence electrons. The van der Waals surface area contributed by atoms with Crippen molar-refractivity contribution >= 4 is 22.0 Å². The van der Waals surface area contributed by atoms with Crippen molar-refractivity contribution in [3.8, 4) is 0 Å². The minimum Gasteiger partial charge on any atom is -0.466 e. The summed E-state index contributed by atoms with van der Waals surface area (Å²) in [5.74, 6) is 1.41. The monoisotopic (exact) mass is 787 g/mol. The maximum atomic E-state index is 12.4. The van der Waals surface area contributed by atoms with Crippen molar-refractivity contribution in [3.05, 3.63) is 0 Å². The summed E-state index contributed by atoms with van der Waals surface area (Å²) in [6.07, 6.45) is 32.2. The van der Waals surface area contributed by atoms with Gasteiger partial charge in [-0.1, -0.05) is 156 Å². The third-order valence-electron chi connectivity index (χ3n) is 11.0. The van der Waals surface area contributed by atoms with Crippen LogP contribution in [0, 0.1) is 11.8 Å². The Hall–Kier alpha value is -1.19. The number of hydrogen-bond acceptors (Lipinski definition) is 7. The summed E-state index contributed by atoms with van der Waals surface area (Å²) in [6, 6.07) is 0. The first-order valence-electron chi connectivity index (χ1n) is 23.2. The van der Waals surface area contributed by atoms with Gasteiger partial charge in [-0.2, -0.15) is 0 Å². The Morgan fingerprint density at radius 1 is 0.481 bits per heavy atom. The third-order valence-corrected chi connectivity index (χ3v) is 12.4. The number of hydrogen-bond donors (Lipinski definition) is 1. The van der Waals surface area contributed by atoms with Gasteiger partial charge in [0.1, 0.15) is 0 Å². The van der Waals surface area contributed by atoms with E-state index in [4.69, 9.17) is 9.47 Å². The summed E-state index contributed by atoms with van der Waals surface area (Å²) in [5.41, 5.74) is 0. The van der Waals surface area contributed by atoms with Gasteiger partial charge in [-0.25, -0.2) is 13.1 Å². The Labute approximate surface area is 335 Å². The van der Waals surface area contributed by atoms with Crippen LogP contribution in [0.5, 0.6) is 0 Å². The van der Waals surface area contributed by atoms with Crippen molar-refractivity contribution in [2.24, 2.45) is 11.8 Å². The molecule has 0 aromatic carbocycles. The third kappa shape index (κ3) is 35.2. The van der Waals surface area contributed by atoms with E-state index in [0.717, 1.165) is 103 Å². The van der Waals surface area contributed by atoms with Gasteiger partial charge in [-0.3, -0.25) is 9.59 Å². The average molecular weight is 787 g/mol. The summed E-state index contributed by atoms with van der Waals surface area (Å²) in [4.78, 5) is 27.1. The highest BCUT2D eigenvalue weighted by Crippen LogP contribution is 2.22. The van der Waals surface area contributed by atoms with E-state index in [-0.39, 0.29) is 17.7 Å². The molecule has 1 N–H and O–H groups in total. The Morgan fingerprint density at radius 3 is 1.30 bits per heavy atom. The molecule has 0 amide bonds. The molecule has 0 atom stereocenters. The van der Waals surface area contributed by atoms with Crippen molar-refractivity contribution in [1.82, 2.24) is 9.62 Å². The molecular weight excluding hydrogens is 697 g/mol. The molecule has 54 heavy (non-hydrogen) atoms. The van der Waals surface area contributed by atoms with Crippen molar-refractivity contribution in [3.63, 3.8) is 0 Å². The van der Waals surface area contributed by atoms with Gasteiger partial charge in [0.15, 0.2) is 0 Å². The van der Waals surface area contributed by atoms with Crippen LogP contribution < -0.4 is 4.72 Å². The lowest BCUT2D eigenvalue weighted by molar-refractivity contribution is -0.145. The van der Waals surface area contributed by atoms with Gasteiger partial charge >= 0.3 is 11.9 Å². The van der Waals surface area contributed by atoms with Crippen molar-refractivity contribution in [2.45, 2.75) is 221 Å². The zero-order valence-corrected chi connectivity index (χ0v) is 37.2. The Bertz CT molecular complexity index is 928. The molecule has 0 rings (SSSR count). The molecule has 0 aromatic heterocycles. The number of rotatable bonds is 42. The molecule has 0 radical (unpaired) electrons. The molecule has 9 heteroatoms. The number of carbonyl (C=O) groups is 2. The van der Waals surface area contributed by atoms with E-state index in [9.17, 15) is 18.0 Å². The van der Waals surface area contributed by atoms with E-state index in [0.29, 0.717) is 44.4 Å². The second-order valence-electron chi connectivity index (χ2n) is 16.1. The van der Waals surface area contributed by atoms with Crippen LogP contribution in [0.1, 0.15) is 221 Å². The largest absolute Gasteiger partial charge is 0.466 e. The lowest BCUT2D eigenvalue weighted by Gasteiger charge is -2.22. The van der Waals surface area contributed by atoms with Crippen LogP contribution in [0.25, 0.3) is 0 Å². The van der Waals surface area contributed by atoms with Crippen LogP contribution >= 0.6 is 0 Å². The number of sulfonamides is 1. The zero-order chi connectivity index (χ0) is 40.0. The fourth-order valence-corrected chi connectivity index (χ4v) is 7.94. The molecule has 0 spiro atoms. The molecule has 0 unspecified atom stereocenters. The Morgan fingerprint density at radius 2 is 0.870 bits per heavy atom. The summed E-state index contributed by atoms with van der Waals surface area (Å²) >= 11 is 0. The zero-order valence-electron chi connectivity index (χ0n) is 36.4. The molecule has 0 aliphatic heterocycles. The quantitative estimate of drug-likeness (QED) is 0.0485. The van der Waals surface area contributed by atoms with Gasteiger partial charge in [0.2, 0.25) is 10.0 Å². The Kier molecular flexibility index (Phi) is 37.8. The topological polar surface area (TPSA) is 102 Å². The highest BCUT2D eigenvalue weighted by atomic mass is 32.2. The van der Waals surface area contributed by atoms with E-state index >= 15 is 0 Å². The summed E-state index contributed by atoms with van der Waals surface area (Å²) < 4.78 is 37.6. The minimum atomic E-state index is -3.16. The first-order valence-corrected chi connectivity index (χ1v) is 24.9. The van der Waals surface area contributed by atoms with Crippen LogP contribution in [-0.2, 0) is 29.1 Å². The highest BCUT2D eigenvalue weighted by Gasteiger charge is 2.13. The van der Waals surface area contributed by atoms with Crippen LogP contribution in [-0.4, -0.2) is 70.4 Å². The smallest absolute Gasteiger partial charge is 0.305 e.